The molecule has 0 bridgehead atoms. The fourth-order valence-corrected chi connectivity index (χ4v) is 19.0. The average Bonchev–Trinajstić information content (AvgIpc) is 1.97. The highest BCUT2D eigenvalue weighted by Gasteiger charge is 2.23. The van der Waals surface area contributed by atoms with E-state index in [1.54, 1.807) is 11.0 Å². The molecule has 1 saturated heterocycles. The molecule has 0 saturated carbocycles. The summed E-state index contributed by atoms with van der Waals surface area (Å²) in [6.45, 7) is 5.51. The maximum absolute atomic E-state index is 5.66. The first-order valence-corrected chi connectivity index (χ1v) is 12.4. The molecule has 7 heteroatoms. The van der Waals surface area contributed by atoms with Crippen LogP contribution in [0.15, 0.2) is 0 Å². The van der Waals surface area contributed by atoms with E-state index in [4.69, 9.17) is 32.7 Å². The molecule has 2 atom stereocenters. The topological polar surface area (TPSA) is 18.5 Å². The molecule has 1 heterocycles. The standard InChI is InChI=1S/C6H14O2P2S3/c1-9(11)7-5-3-4-6-8-10(2,12)13-9/h3-6H2,1-2H3. The third-order valence-electron chi connectivity index (χ3n) is 1.49. The molecule has 2 unspecified atom stereocenters. The molecule has 0 aromatic rings. The molecule has 0 aliphatic carbocycles. The van der Waals surface area contributed by atoms with Gasteiger partial charge in [0, 0.05) is 0 Å². The minimum Gasteiger partial charge on any atom is -0.341 e. The number of hydrogen-bond acceptors (Lipinski definition) is 5. The van der Waals surface area contributed by atoms with Gasteiger partial charge in [0.25, 0.3) is 0 Å². The predicted octanol–water partition coefficient (Wildman–Crippen LogP) is 3.43. The summed E-state index contributed by atoms with van der Waals surface area (Å²) in [5, 5.41) is 0. The Hall–Kier alpha value is 1.57. The van der Waals surface area contributed by atoms with Crippen LogP contribution in [0.3, 0.4) is 0 Å². The molecule has 2 nitrogen and oxygen atoms in total. The summed E-state index contributed by atoms with van der Waals surface area (Å²) in [5.74, 6) is 0. The normalized spacial score (nSPS) is 43.2. The summed E-state index contributed by atoms with van der Waals surface area (Å²) in [6.07, 6.45) is 2.06. The third kappa shape index (κ3) is 5.27. The fourth-order valence-electron chi connectivity index (χ4n) is 0.981. The summed E-state index contributed by atoms with van der Waals surface area (Å²) in [5.41, 5.74) is -3.47. The molecule has 13 heavy (non-hydrogen) atoms. The number of hydrogen-bond donors (Lipinski definition) is 0. The summed E-state index contributed by atoms with van der Waals surface area (Å²) in [4.78, 5) is 0. The van der Waals surface area contributed by atoms with Crippen LogP contribution in [0.5, 0.6) is 0 Å². The van der Waals surface area contributed by atoms with Crippen LogP contribution in [0.4, 0.5) is 0 Å². The second-order valence-electron chi connectivity index (χ2n) is 3.00. The van der Waals surface area contributed by atoms with Gasteiger partial charge < -0.3 is 9.05 Å². The Morgan fingerprint density at radius 3 is 1.77 bits per heavy atom. The van der Waals surface area contributed by atoms with Gasteiger partial charge in [-0.2, -0.15) is 0 Å². The van der Waals surface area contributed by atoms with E-state index in [1.165, 1.54) is 0 Å². The summed E-state index contributed by atoms with van der Waals surface area (Å²) >= 11 is 12.4. The van der Waals surface area contributed by atoms with Crippen molar-refractivity contribution in [2.45, 2.75) is 12.8 Å². The molecule has 1 fully saturated rings. The lowest BCUT2D eigenvalue weighted by Gasteiger charge is -2.21. The Morgan fingerprint density at radius 2 is 1.38 bits per heavy atom. The summed E-state index contributed by atoms with van der Waals surface area (Å²) < 4.78 is 11.3. The zero-order valence-electron chi connectivity index (χ0n) is 7.76. The minimum absolute atomic E-state index is 0.763. The van der Waals surface area contributed by atoms with Gasteiger partial charge in [-0.05, 0) is 37.2 Å². The summed E-state index contributed by atoms with van der Waals surface area (Å²) in [7, 11) is 0. The fraction of sp³-hybridized carbons (Fsp3) is 1.00. The highest BCUT2D eigenvalue weighted by atomic mass is 33.2. The van der Waals surface area contributed by atoms with Gasteiger partial charge in [0.15, 0.2) is 0 Å². The zero-order valence-corrected chi connectivity index (χ0v) is 12.0. The van der Waals surface area contributed by atoms with Crippen molar-refractivity contribution in [3.63, 3.8) is 0 Å². The molecule has 0 N–H and O–H groups in total. The van der Waals surface area contributed by atoms with Crippen LogP contribution in [0.1, 0.15) is 12.8 Å². The maximum atomic E-state index is 5.66. The van der Waals surface area contributed by atoms with Gasteiger partial charge >= 0.3 is 0 Å². The lowest BCUT2D eigenvalue weighted by molar-refractivity contribution is 0.304. The van der Waals surface area contributed by atoms with Gasteiger partial charge in [0.05, 0.1) is 13.2 Å². The van der Waals surface area contributed by atoms with E-state index in [9.17, 15) is 0 Å². The van der Waals surface area contributed by atoms with Crippen LogP contribution < -0.4 is 0 Å². The average molecular weight is 276 g/mol. The van der Waals surface area contributed by atoms with Gasteiger partial charge in [-0.3, -0.25) is 0 Å². The number of rotatable bonds is 0. The molecule has 78 valence electrons. The van der Waals surface area contributed by atoms with Crippen molar-refractivity contribution >= 4 is 45.5 Å². The van der Waals surface area contributed by atoms with E-state index in [0.29, 0.717) is 0 Å². The molecule has 0 aromatic heterocycles. The van der Waals surface area contributed by atoms with Crippen molar-refractivity contribution in [1.82, 2.24) is 0 Å². The SMILES string of the molecule is CP1(=S)OCCCCOP(C)(=S)S1. The first-order chi connectivity index (χ1) is 5.91. The molecule has 0 aromatic carbocycles. The van der Waals surface area contributed by atoms with Crippen molar-refractivity contribution in [3.05, 3.63) is 0 Å². The van der Waals surface area contributed by atoms with Crippen LogP contribution in [0, 0.1) is 0 Å². The minimum atomic E-state index is -1.74. The van der Waals surface area contributed by atoms with Crippen molar-refractivity contribution < 1.29 is 9.05 Å². The molecular weight excluding hydrogens is 262 g/mol. The van der Waals surface area contributed by atoms with Gasteiger partial charge in [0.2, 0.25) is 0 Å². The quantitative estimate of drug-likeness (QED) is 0.629. The molecule has 1 rings (SSSR count). The van der Waals surface area contributed by atoms with E-state index < -0.39 is 10.9 Å². The molecule has 0 amide bonds. The largest absolute Gasteiger partial charge is 0.341 e. The zero-order chi connectivity index (χ0) is 9.95. The first-order valence-electron chi connectivity index (χ1n) is 4.07. The second-order valence-corrected chi connectivity index (χ2v) is 18.5. The van der Waals surface area contributed by atoms with Crippen molar-refractivity contribution in [3.8, 4) is 0 Å². The Kier molecular flexibility index (Phi) is 4.93. The highest BCUT2D eigenvalue weighted by Crippen LogP contribution is 2.76. The van der Waals surface area contributed by atoms with E-state index in [1.807, 2.05) is 13.3 Å². The van der Waals surface area contributed by atoms with Crippen LogP contribution in [0.2, 0.25) is 0 Å². The Labute approximate surface area is 93.8 Å². The van der Waals surface area contributed by atoms with Gasteiger partial charge in [-0.15, -0.1) is 0 Å². The first kappa shape index (κ1) is 12.6. The van der Waals surface area contributed by atoms with Gasteiger partial charge in [-0.25, -0.2) is 0 Å². The van der Waals surface area contributed by atoms with Gasteiger partial charge in [-0.1, -0.05) is 23.6 Å². The van der Waals surface area contributed by atoms with Crippen LogP contribution in [0.25, 0.3) is 0 Å². The monoisotopic (exact) mass is 276 g/mol. The second kappa shape index (κ2) is 5.07. The Bertz CT molecular complexity index is 243. The highest BCUT2D eigenvalue weighted by molar-refractivity contribution is 8.97. The van der Waals surface area contributed by atoms with E-state index >= 15 is 0 Å². The lowest BCUT2D eigenvalue weighted by Crippen LogP contribution is -1.91. The van der Waals surface area contributed by atoms with E-state index in [2.05, 4.69) is 0 Å². The third-order valence-corrected chi connectivity index (χ3v) is 15.4. The van der Waals surface area contributed by atoms with Crippen molar-refractivity contribution in [2.75, 3.05) is 26.5 Å². The molecule has 0 spiro atoms. The Morgan fingerprint density at radius 1 is 1.00 bits per heavy atom. The van der Waals surface area contributed by atoms with Crippen LogP contribution >= 0.6 is 21.9 Å². The summed E-state index contributed by atoms with van der Waals surface area (Å²) in [6, 6.07) is 0. The molecule has 0 radical (unpaired) electrons. The smallest absolute Gasteiger partial charge is 0.123 e. The molecular formula is C6H14O2P2S3. The van der Waals surface area contributed by atoms with E-state index in [-0.39, 0.29) is 0 Å². The van der Waals surface area contributed by atoms with E-state index in [0.717, 1.165) is 26.1 Å². The van der Waals surface area contributed by atoms with Gasteiger partial charge in [0.1, 0.15) is 10.9 Å². The van der Waals surface area contributed by atoms with Crippen LogP contribution in [-0.4, -0.2) is 26.5 Å². The van der Waals surface area contributed by atoms with Crippen molar-refractivity contribution in [1.29, 1.82) is 0 Å². The Balaban J connectivity index is 2.71. The molecule has 1 aliphatic rings. The van der Waals surface area contributed by atoms with Crippen LogP contribution in [-0.2, 0) is 32.7 Å². The predicted molar refractivity (Wildman–Crippen MR) is 69.1 cm³/mol. The lowest BCUT2D eigenvalue weighted by atomic mass is 10.3. The van der Waals surface area contributed by atoms with Crippen molar-refractivity contribution in [2.24, 2.45) is 0 Å². The molecule has 1 aliphatic heterocycles. The maximum Gasteiger partial charge on any atom is 0.123 e.